The van der Waals surface area contributed by atoms with Gasteiger partial charge < -0.3 is 15.3 Å². The molecular formula is C24H38O5. The summed E-state index contributed by atoms with van der Waals surface area (Å²) in [7, 11) is 0. The van der Waals surface area contributed by atoms with Crippen LogP contribution >= 0.6 is 0 Å². The van der Waals surface area contributed by atoms with Crippen molar-refractivity contribution in [3.8, 4) is 0 Å². The molecule has 0 saturated heterocycles. The van der Waals surface area contributed by atoms with Crippen molar-refractivity contribution in [3.05, 3.63) is 0 Å². The predicted molar refractivity (Wildman–Crippen MR) is 109 cm³/mol. The molecule has 0 aromatic heterocycles. The monoisotopic (exact) mass is 406 g/mol. The number of hydrogen-bond acceptors (Lipinski definition) is 4. The van der Waals surface area contributed by atoms with Crippen molar-refractivity contribution in [2.45, 2.75) is 90.8 Å². The first-order valence-corrected chi connectivity index (χ1v) is 11.7. The molecule has 5 heteroatoms. The smallest absolute Gasteiger partial charge is 0.303 e. The Morgan fingerprint density at radius 3 is 2.55 bits per heavy atom. The average molecular weight is 407 g/mol. The van der Waals surface area contributed by atoms with Gasteiger partial charge in [0.1, 0.15) is 5.78 Å². The highest BCUT2D eigenvalue weighted by molar-refractivity contribution is 5.83. The third-order valence-electron chi connectivity index (χ3n) is 10.1. The highest BCUT2D eigenvalue weighted by Crippen LogP contribution is 2.67. The molecule has 0 aromatic carbocycles. The van der Waals surface area contributed by atoms with Crippen LogP contribution in [0, 0.1) is 46.3 Å². The first-order chi connectivity index (χ1) is 13.6. The van der Waals surface area contributed by atoms with Gasteiger partial charge in [0.05, 0.1) is 12.2 Å². The highest BCUT2D eigenvalue weighted by atomic mass is 16.4. The van der Waals surface area contributed by atoms with Gasteiger partial charge in [-0.2, -0.15) is 0 Å². The zero-order valence-corrected chi connectivity index (χ0v) is 18.1. The molecule has 5 nitrogen and oxygen atoms in total. The zero-order valence-electron chi connectivity index (χ0n) is 18.1. The van der Waals surface area contributed by atoms with E-state index in [-0.39, 0.29) is 58.9 Å². The summed E-state index contributed by atoms with van der Waals surface area (Å²) in [5.74, 6) is 0.775. The van der Waals surface area contributed by atoms with E-state index < -0.39 is 12.1 Å². The maximum absolute atomic E-state index is 13.4. The van der Waals surface area contributed by atoms with Gasteiger partial charge in [-0.25, -0.2) is 0 Å². The van der Waals surface area contributed by atoms with Crippen molar-refractivity contribution in [2.24, 2.45) is 46.3 Å². The molecular weight excluding hydrogens is 368 g/mol. The van der Waals surface area contributed by atoms with Gasteiger partial charge in [0.25, 0.3) is 0 Å². The molecule has 0 heterocycles. The summed E-state index contributed by atoms with van der Waals surface area (Å²) in [5.41, 5.74) is -0.265. The molecule has 164 valence electrons. The molecule has 4 aliphatic rings. The molecule has 4 fully saturated rings. The lowest BCUT2D eigenvalue weighted by Gasteiger charge is -2.61. The summed E-state index contributed by atoms with van der Waals surface area (Å²) >= 11 is 0. The second-order valence-corrected chi connectivity index (χ2v) is 11.3. The number of rotatable bonds is 4. The second kappa shape index (κ2) is 7.33. The molecule has 29 heavy (non-hydrogen) atoms. The van der Waals surface area contributed by atoms with Crippen molar-refractivity contribution in [1.29, 1.82) is 0 Å². The van der Waals surface area contributed by atoms with Crippen LogP contribution < -0.4 is 0 Å². The molecule has 4 saturated carbocycles. The Balaban J connectivity index is 1.62. The molecule has 0 bridgehead atoms. The minimum absolute atomic E-state index is 0.0246. The quantitative estimate of drug-likeness (QED) is 0.662. The van der Waals surface area contributed by atoms with Gasteiger partial charge in [-0.05, 0) is 80.0 Å². The van der Waals surface area contributed by atoms with Gasteiger partial charge in [0, 0.05) is 24.2 Å². The zero-order chi connectivity index (χ0) is 21.1. The number of carbonyl (C=O) groups excluding carboxylic acids is 1. The summed E-state index contributed by atoms with van der Waals surface area (Å²) in [6.45, 7) is 6.62. The van der Waals surface area contributed by atoms with E-state index in [1.54, 1.807) is 0 Å². The fraction of sp³-hybridized carbons (Fsp3) is 0.917. The number of hydrogen-bond donors (Lipinski definition) is 3. The van der Waals surface area contributed by atoms with E-state index in [1.165, 1.54) is 0 Å². The molecule has 3 N–H and O–H groups in total. The van der Waals surface area contributed by atoms with Gasteiger partial charge in [-0.3, -0.25) is 9.59 Å². The van der Waals surface area contributed by atoms with Crippen LogP contribution in [0.15, 0.2) is 0 Å². The number of aliphatic hydroxyl groups is 2. The van der Waals surface area contributed by atoms with Crippen LogP contribution in [0.25, 0.3) is 0 Å². The SMILES string of the molecule is C[C@H](CCC(=O)O)[C@H]1CCC2C3C(=O)C[C@@H]4C[C@H](O)CC[C@]4(C)C3C[C@H](O)[C@@]21C. The third-order valence-corrected chi connectivity index (χ3v) is 10.1. The summed E-state index contributed by atoms with van der Waals surface area (Å²) in [4.78, 5) is 24.4. The Kier molecular flexibility index (Phi) is 5.39. The first kappa shape index (κ1) is 21.3. The number of carboxylic acids is 1. The minimum Gasteiger partial charge on any atom is -0.481 e. The Morgan fingerprint density at radius 2 is 1.86 bits per heavy atom. The lowest BCUT2D eigenvalue weighted by atomic mass is 9.43. The van der Waals surface area contributed by atoms with Crippen LogP contribution in [0.5, 0.6) is 0 Å². The standard InChI is InChI=1S/C24H38O5/c1-13(4-7-21(28)29)16-5-6-17-22-18(12-20(27)24(16,17)3)23(2)9-8-15(25)10-14(23)11-19(22)26/h13-18,20,22,25,27H,4-12H2,1-3H3,(H,28,29)/t13-,14+,15-,16-,17?,18?,20+,22?,23+,24-/m1/s1. The van der Waals surface area contributed by atoms with Crippen molar-refractivity contribution in [2.75, 3.05) is 0 Å². The lowest BCUT2D eigenvalue weighted by molar-refractivity contribution is -0.182. The Labute approximate surface area is 174 Å². The van der Waals surface area contributed by atoms with E-state index in [1.807, 2.05) is 0 Å². The lowest BCUT2D eigenvalue weighted by Crippen LogP contribution is -2.61. The van der Waals surface area contributed by atoms with Crippen molar-refractivity contribution in [3.63, 3.8) is 0 Å². The largest absolute Gasteiger partial charge is 0.481 e. The van der Waals surface area contributed by atoms with Crippen molar-refractivity contribution in [1.82, 2.24) is 0 Å². The summed E-state index contributed by atoms with van der Waals surface area (Å²) < 4.78 is 0. The molecule has 4 aliphatic carbocycles. The molecule has 4 rings (SSSR count). The first-order valence-electron chi connectivity index (χ1n) is 11.7. The molecule has 3 unspecified atom stereocenters. The molecule has 0 aromatic rings. The molecule has 0 spiro atoms. The number of ketones is 1. The van der Waals surface area contributed by atoms with Crippen LogP contribution in [0.3, 0.4) is 0 Å². The topological polar surface area (TPSA) is 94.8 Å². The number of aliphatic carboxylic acids is 1. The van der Waals surface area contributed by atoms with Gasteiger partial charge in [-0.15, -0.1) is 0 Å². The Hall–Kier alpha value is -0.940. The van der Waals surface area contributed by atoms with E-state index in [0.29, 0.717) is 25.0 Å². The van der Waals surface area contributed by atoms with Crippen LogP contribution in [-0.4, -0.2) is 39.3 Å². The number of aliphatic hydroxyl groups excluding tert-OH is 2. The molecule has 0 amide bonds. The minimum atomic E-state index is -0.762. The van der Waals surface area contributed by atoms with Gasteiger partial charge in [0.2, 0.25) is 0 Å². The van der Waals surface area contributed by atoms with E-state index in [4.69, 9.17) is 5.11 Å². The molecule has 0 aliphatic heterocycles. The Bertz CT molecular complexity index is 676. The summed E-state index contributed by atoms with van der Waals surface area (Å²) in [6.07, 6.45) is 5.74. The van der Waals surface area contributed by atoms with Crippen LogP contribution in [0.4, 0.5) is 0 Å². The van der Waals surface area contributed by atoms with E-state index >= 15 is 0 Å². The second-order valence-electron chi connectivity index (χ2n) is 11.3. The normalized spacial score (nSPS) is 50.4. The predicted octanol–water partition coefficient (Wildman–Crippen LogP) is 3.66. The van der Waals surface area contributed by atoms with Gasteiger partial charge in [0.15, 0.2) is 0 Å². The van der Waals surface area contributed by atoms with Crippen LogP contribution in [0.2, 0.25) is 0 Å². The summed E-state index contributed by atoms with van der Waals surface area (Å²) in [6, 6.07) is 0. The van der Waals surface area contributed by atoms with Crippen molar-refractivity contribution >= 4 is 11.8 Å². The van der Waals surface area contributed by atoms with E-state index in [0.717, 1.165) is 32.1 Å². The Morgan fingerprint density at radius 1 is 1.14 bits per heavy atom. The average Bonchev–Trinajstić information content (AvgIpc) is 3.01. The molecule has 10 atom stereocenters. The maximum atomic E-state index is 13.4. The molecule has 0 radical (unpaired) electrons. The number of carboxylic acid groups (broad SMARTS) is 1. The van der Waals surface area contributed by atoms with Crippen molar-refractivity contribution < 1.29 is 24.9 Å². The van der Waals surface area contributed by atoms with Crippen LogP contribution in [-0.2, 0) is 9.59 Å². The van der Waals surface area contributed by atoms with E-state index in [2.05, 4.69) is 20.8 Å². The fourth-order valence-electron chi connectivity index (χ4n) is 8.40. The summed E-state index contributed by atoms with van der Waals surface area (Å²) in [5, 5.41) is 30.7. The third kappa shape index (κ3) is 3.18. The van der Waals surface area contributed by atoms with Crippen LogP contribution in [0.1, 0.15) is 78.6 Å². The fourth-order valence-corrected chi connectivity index (χ4v) is 8.40. The number of fused-ring (bicyclic) bond motifs is 5. The number of Topliss-reactive ketones (excluding diaryl/α,β-unsaturated/α-hetero) is 1. The van der Waals surface area contributed by atoms with Gasteiger partial charge >= 0.3 is 5.97 Å². The maximum Gasteiger partial charge on any atom is 0.303 e. The van der Waals surface area contributed by atoms with Gasteiger partial charge in [-0.1, -0.05) is 20.8 Å². The number of carbonyl (C=O) groups is 2. The van der Waals surface area contributed by atoms with E-state index in [9.17, 15) is 19.8 Å². The highest BCUT2D eigenvalue weighted by Gasteiger charge is 2.65.